The highest BCUT2D eigenvalue weighted by Gasteiger charge is 2.34. The average Bonchev–Trinajstić information content (AvgIpc) is 3.31. The van der Waals surface area contributed by atoms with Crippen molar-refractivity contribution in [2.75, 3.05) is 13.1 Å². The van der Waals surface area contributed by atoms with Crippen molar-refractivity contribution in [2.45, 2.75) is 46.1 Å². The van der Waals surface area contributed by atoms with Gasteiger partial charge in [0.2, 0.25) is 5.91 Å². The minimum absolute atomic E-state index is 0.00211. The lowest BCUT2D eigenvalue weighted by Gasteiger charge is -2.33. The molecule has 1 aromatic heterocycles. The van der Waals surface area contributed by atoms with E-state index in [0.717, 1.165) is 18.5 Å². The summed E-state index contributed by atoms with van der Waals surface area (Å²) in [4.78, 5) is 31.7. The van der Waals surface area contributed by atoms with Crippen molar-refractivity contribution < 1.29 is 9.59 Å². The van der Waals surface area contributed by atoms with Crippen LogP contribution in [0, 0.1) is 11.8 Å². The molecule has 2 aliphatic heterocycles. The third kappa shape index (κ3) is 3.66. The van der Waals surface area contributed by atoms with Gasteiger partial charge in [-0.15, -0.1) is 0 Å². The summed E-state index contributed by atoms with van der Waals surface area (Å²) in [5.41, 5.74) is 4.69. The molecule has 2 aliphatic rings. The predicted molar refractivity (Wildman–Crippen MR) is 114 cm³/mol. The van der Waals surface area contributed by atoms with E-state index in [4.69, 9.17) is 0 Å². The van der Waals surface area contributed by atoms with Gasteiger partial charge in [-0.3, -0.25) is 9.59 Å². The third-order valence-corrected chi connectivity index (χ3v) is 6.36. The van der Waals surface area contributed by atoms with Crippen molar-refractivity contribution in [2.24, 2.45) is 11.8 Å². The summed E-state index contributed by atoms with van der Waals surface area (Å²) >= 11 is 0. The van der Waals surface area contributed by atoms with Crippen molar-refractivity contribution in [3.05, 3.63) is 54.1 Å². The number of allylic oxidation sites excluding steroid dienone is 2. The topological polar surface area (TPSA) is 55.2 Å². The highest BCUT2D eigenvalue weighted by Crippen LogP contribution is 2.44. The number of rotatable bonds is 5. The van der Waals surface area contributed by atoms with Crippen LogP contribution >= 0.6 is 0 Å². The first-order chi connectivity index (χ1) is 14.0. The van der Waals surface area contributed by atoms with Gasteiger partial charge in [0.25, 0.3) is 0 Å². The molecule has 3 heterocycles. The Hall–Kier alpha value is -2.69. The molecule has 2 aromatic rings. The number of benzene rings is 1. The summed E-state index contributed by atoms with van der Waals surface area (Å²) in [7, 11) is 0. The van der Waals surface area contributed by atoms with Gasteiger partial charge in [0.15, 0.2) is 0 Å². The fraction of sp³-hybridized carbons (Fsp3) is 0.458. The number of hydrogen-bond acceptors (Lipinski definition) is 3. The summed E-state index contributed by atoms with van der Waals surface area (Å²) in [6.07, 6.45) is 5.75. The van der Waals surface area contributed by atoms with Crippen molar-refractivity contribution in [3.8, 4) is 0 Å². The highest BCUT2D eigenvalue weighted by atomic mass is 16.2. The lowest BCUT2D eigenvalue weighted by Crippen LogP contribution is -2.42. The Balaban J connectivity index is 1.50. The summed E-state index contributed by atoms with van der Waals surface area (Å²) in [5, 5.41) is 0. The van der Waals surface area contributed by atoms with E-state index in [2.05, 4.69) is 28.6 Å². The fourth-order valence-electron chi connectivity index (χ4n) is 4.74. The molecule has 0 spiro atoms. The smallest absolute Gasteiger partial charge is 0.225 e. The molecule has 0 N–H and O–H groups in total. The molecule has 1 atom stereocenters. The van der Waals surface area contributed by atoms with Crippen LogP contribution in [0.5, 0.6) is 0 Å². The molecule has 1 aromatic carbocycles. The Bertz CT molecular complexity index is 934. The van der Waals surface area contributed by atoms with Crippen LogP contribution in [0.1, 0.15) is 57.3 Å². The molecule has 29 heavy (non-hydrogen) atoms. The second-order valence-electron chi connectivity index (χ2n) is 8.53. The van der Waals surface area contributed by atoms with Gasteiger partial charge in [-0.05, 0) is 36.5 Å². The maximum absolute atomic E-state index is 13.2. The van der Waals surface area contributed by atoms with Gasteiger partial charge in [-0.1, -0.05) is 44.2 Å². The van der Waals surface area contributed by atoms with Gasteiger partial charge in [0, 0.05) is 31.3 Å². The van der Waals surface area contributed by atoms with Crippen LogP contribution in [0.2, 0.25) is 0 Å². The molecule has 5 heteroatoms. The van der Waals surface area contributed by atoms with E-state index in [1.807, 2.05) is 49.5 Å². The van der Waals surface area contributed by atoms with E-state index in [-0.39, 0.29) is 23.8 Å². The Morgan fingerprint density at radius 1 is 1.14 bits per heavy atom. The number of nitrogens with zero attached hydrogens (tertiary/aromatic N) is 3. The standard InChI is InChI=1S/C24H29N3O2/c1-16(2)24(29)26-11-9-18(10-12-26)22(28)13-20-23(19-7-5-4-6-8-19)17(3)21-14-25-15-27(20)21/h4-8,14-16,18,20H,9-13H2,1-3H3. The van der Waals surface area contributed by atoms with Crippen molar-refractivity contribution in [1.29, 1.82) is 0 Å². The molecule has 0 radical (unpaired) electrons. The molecule has 1 fully saturated rings. The second kappa shape index (κ2) is 7.97. The number of carbonyl (C=O) groups excluding carboxylic acids is 2. The van der Waals surface area contributed by atoms with E-state index in [1.165, 1.54) is 16.7 Å². The zero-order valence-corrected chi connectivity index (χ0v) is 17.5. The highest BCUT2D eigenvalue weighted by molar-refractivity contribution is 5.96. The van der Waals surface area contributed by atoms with Gasteiger partial charge in [0.05, 0.1) is 24.3 Å². The zero-order chi connectivity index (χ0) is 20.5. The lowest BCUT2D eigenvalue weighted by molar-refractivity contribution is -0.137. The molecule has 0 saturated carbocycles. The maximum Gasteiger partial charge on any atom is 0.225 e. The lowest BCUT2D eigenvalue weighted by atomic mass is 9.86. The van der Waals surface area contributed by atoms with Crippen LogP contribution in [-0.4, -0.2) is 39.2 Å². The number of imidazole rings is 1. The van der Waals surface area contributed by atoms with E-state index in [0.29, 0.717) is 25.3 Å². The first-order valence-corrected chi connectivity index (χ1v) is 10.6. The summed E-state index contributed by atoms with van der Waals surface area (Å²) in [5.74, 6) is 0.548. The van der Waals surface area contributed by atoms with E-state index in [9.17, 15) is 9.59 Å². The molecule has 0 bridgehead atoms. The van der Waals surface area contributed by atoms with Gasteiger partial charge < -0.3 is 9.47 Å². The number of piperidine rings is 1. The quantitative estimate of drug-likeness (QED) is 0.767. The third-order valence-electron chi connectivity index (χ3n) is 6.36. The first-order valence-electron chi connectivity index (χ1n) is 10.6. The molecule has 1 unspecified atom stereocenters. The van der Waals surface area contributed by atoms with Crippen LogP contribution < -0.4 is 0 Å². The second-order valence-corrected chi connectivity index (χ2v) is 8.53. The minimum Gasteiger partial charge on any atom is -0.342 e. The van der Waals surface area contributed by atoms with Crippen molar-refractivity contribution in [1.82, 2.24) is 14.5 Å². The molecular weight excluding hydrogens is 362 g/mol. The summed E-state index contributed by atoms with van der Waals surface area (Å²) in [6, 6.07) is 10.3. The molecule has 0 aliphatic carbocycles. The largest absolute Gasteiger partial charge is 0.342 e. The van der Waals surface area contributed by atoms with Crippen LogP contribution in [0.25, 0.3) is 11.1 Å². The number of aromatic nitrogens is 2. The molecular formula is C24H29N3O2. The zero-order valence-electron chi connectivity index (χ0n) is 17.5. The molecule has 4 rings (SSSR count). The number of Topliss-reactive ketones (excluding diaryl/α,β-unsaturated/α-hetero) is 1. The summed E-state index contributed by atoms with van der Waals surface area (Å²) < 4.78 is 2.15. The number of ketones is 1. The number of carbonyl (C=O) groups is 2. The number of fused-ring (bicyclic) bond motifs is 1. The van der Waals surface area contributed by atoms with Crippen LogP contribution in [-0.2, 0) is 9.59 Å². The van der Waals surface area contributed by atoms with Crippen molar-refractivity contribution >= 4 is 22.8 Å². The SMILES string of the molecule is CC1=C(c2ccccc2)C(CC(=O)C2CCN(C(=O)C(C)C)CC2)n2cncc21. The van der Waals surface area contributed by atoms with Crippen molar-refractivity contribution in [3.63, 3.8) is 0 Å². The Morgan fingerprint density at radius 2 is 1.83 bits per heavy atom. The average molecular weight is 392 g/mol. The molecule has 1 saturated heterocycles. The maximum atomic E-state index is 13.2. The van der Waals surface area contributed by atoms with Crippen LogP contribution in [0.3, 0.4) is 0 Å². The Labute approximate surface area is 172 Å². The van der Waals surface area contributed by atoms with Gasteiger partial charge in [-0.2, -0.15) is 0 Å². The normalized spacial score (nSPS) is 19.7. The molecule has 5 nitrogen and oxygen atoms in total. The number of hydrogen-bond donors (Lipinski definition) is 0. The number of likely N-dealkylation sites (tertiary alicyclic amines) is 1. The minimum atomic E-state index is -0.00211. The Kier molecular flexibility index (Phi) is 5.39. The molecule has 1 amide bonds. The van der Waals surface area contributed by atoms with Gasteiger partial charge in [-0.25, -0.2) is 4.98 Å². The first kappa shape index (κ1) is 19.6. The van der Waals surface area contributed by atoms with E-state index < -0.39 is 0 Å². The van der Waals surface area contributed by atoms with Gasteiger partial charge in [0.1, 0.15) is 5.78 Å². The van der Waals surface area contributed by atoms with E-state index in [1.54, 1.807) is 0 Å². The van der Waals surface area contributed by atoms with Gasteiger partial charge >= 0.3 is 0 Å². The predicted octanol–water partition coefficient (Wildman–Crippen LogP) is 4.22. The monoisotopic (exact) mass is 391 g/mol. The van der Waals surface area contributed by atoms with E-state index >= 15 is 0 Å². The van der Waals surface area contributed by atoms with Crippen LogP contribution in [0.4, 0.5) is 0 Å². The number of amides is 1. The summed E-state index contributed by atoms with van der Waals surface area (Å²) in [6.45, 7) is 7.37. The Morgan fingerprint density at radius 3 is 2.48 bits per heavy atom. The van der Waals surface area contributed by atoms with Crippen LogP contribution in [0.15, 0.2) is 42.9 Å². The molecule has 152 valence electrons. The fourth-order valence-corrected chi connectivity index (χ4v) is 4.74.